The van der Waals surface area contributed by atoms with Crippen molar-refractivity contribution in [2.24, 2.45) is 11.7 Å². The summed E-state index contributed by atoms with van der Waals surface area (Å²) in [6, 6.07) is 7.44. The number of carbonyl (C=O) groups excluding carboxylic acids is 2. The summed E-state index contributed by atoms with van der Waals surface area (Å²) in [6.07, 6.45) is 3.59. The Kier molecular flexibility index (Phi) is 5.42. The van der Waals surface area contributed by atoms with E-state index in [4.69, 9.17) is 5.73 Å². The van der Waals surface area contributed by atoms with Gasteiger partial charge in [-0.3, -0.25) is 9.59 Å². The van der Waals surface area contributed by atoms with E-state index >= 15 is 0 Å². The van der Waals surface area contributed by atoms with Crippen molar-refractivity contribution in [3.63, 3.8) is 0 Å². The fourth-order valence-corrected chi connectivity index (χ4v) is 3.08. The molecule has 0 bridgehead atoms. The lowest BCUT2D eigenvalue weighted by Crippen LogP contribution is -2.49. The Labute approximate surface area is 137 Å². The van der Waals surface area contributed by atoms with Crippen LogP contribution in [-0.4, -0.2) is 29.1 Å². The minimum Gasteiger partial charge on any atom is -0.394 e. The van der Waals surface area contributed by atoms with Gasteiger partial charge in [-0.15, -0.1) is 0 Å². The highest BCUT2D eigenvalue weighted by atomic mass is 16.3. The zero-order chi connectivity index (χ0) is 17.0. The number of aliphatic hydroxyl groups is 1. The van der Waals surface area contributed by atoms with Crippen molar-refractivity contribution in [2.75, 3.05) is 6.61 Å². The first-order valence-electron chi connectivity index (χ1n) is 8.15. The Morgan fingerprint density at radius 3 is 2.22 bits per heavy atom. The Hall–Kier alpha value is -1.88. The third-order valence-corrected chi connectivity index (χ3v) is 4.62. The van der Waals surface area contributed by atoms with Crippen LogP contribution in [0.25, 0.3) is 0 Å². The molecule has 0 saturated heterocycles. The van der Waals surface area contributed by atoms with Crippen molar-refractivity contribution < 1.29 is 14.7 Å². The SMILES string of the molecule is CC(C)(CO)NC(=O)C1CCC(c2ccc(C(N)=O)cc2)CC1. The molecular formula is C18H26N2O3. The summed E-state index contributed by atoms with van der Waals surface area (Å²) in [5, 5.41) is 12.2. The number of hydrogen-bond donors (Lipinski definition) is 3. The molecule has 4 N–H and O–H groups in total. The Morgan fingerprint density at radius 1 is 1.17 bits per heavy atom. The van der Waals surface area contributed by atoms with Crippen molar-refractivity contribution in [3.05, 3.63) is 35.4 Å². The average Bonchev–Trinajstić information content (AvgIpc) is 2.54. The normalized spacial score (nSPS) is 21.7. The molecule has 0 radical (unpaired) electrons. The molecule has 5 heteroatoms. The van der Waals surface area contributed by atoms with Crippen LogP contribution in [0.5, 0.6) is 0 Å². The summed E-state index contributed by atoms with van der Waals surface area (Å²) in [6.45, 7) is 3.56. The summed E-state index contributed by atoms with van der Waals surface area (Å²) in [5.74, 6) is 0.0591. The molecule has 0 aliphatic heterocycles. The molecule has 1 aliphatic carbocycles. The monoisotopic (exact) mass is 318 g/mol. The number of primary amides is 1. The minimum atomic E-state index is -0.571. The van der Waals surface area contributed by atoms with Gasteiger partial charge in [0.1, 0.15) is 0 Å². The number of rotatable bonds is 5. The second kappa shape index (κ2) is 7.13. The third kappa shape index (κ3) is 4.55. The van der Waals surface area contributed by atoms with Gasteiger partial charge in [0.05, 0.1) is 12.1 Å². The van der Waals surface area contributed by atoms with Gasteiger partial charge < -0.3 is 16.2 Å². The highest BCUT2D eigenvalue weighted by Crippen LogP contribution is 2.36. The van der Waals surface area contributed by atoms with E-state index in [0.29, 0.717) is 11.5 Å². The minimum absolute atomic E-state index is 0.0157. The standard InChI is InChI=1S/C18H26N2O3/c1-18(2,11-21)20-17(23)15-9-5-13(6-10-15)12-3-7-14(8-4-12)16(19)22/h3-4,7-8,13,15,21H,5-6,9-11H2,1-2H3,(H2,19,22)(H,20,23). The van der Waals surface area contributed by atoms with E-state index in [-0.39, 0.29) is 18.4 Å². The van der Waals surface area contributed by atoms with E-state index in [1.807, 2.05) is 26.0 Å². The fourth-order valence-electron chi connectivity index (χ4n) is 3.08. The van der Waals surface area contributed by atoms with Crippen molar-refractivity contribution in [3.8, 4) is 0 Å². The second-order valence-corrected chi connectivity index (χ2v) is 7.07. The van der Waals surface area contributed by atoms with Crippen molar-refractivity contribution >= 4 is 11.8 Å². The molecule has 0 atom stereocenters. The summed E-state index contributed by atoms with van der Waals surface area (Å²) in [7, 11) is 0. The zero-order valence-corrected chi connectivity index (χ0v) is 13.8. The maximum absolute atomic E-state index is 12.3. The van der Waals surface area contributed by atoms with Crippen LogP contribution in [0.15, 0.2) is 24.3 Å². The zero-order valence-electron chi connectivity index (χ0n) is 13.8. The quantitative estimate of drug-likeness (QED) is 0.774. The molecule has 2 rings (SSSR count). The number of nitrogens with two attached hydrogens (primary N) is 1. The van der Waals surface area contributed by atoms with E-state index < -0.39 is 11.4 Å². The molecule has 0 spiro atoms. The van der Waals surface area contributed by atoms with E-state index in [9.17, 15) is 14.7 Å². The fraction of sp³-hybridized carbons (Fsp3) is 0.556. The first-order valence-corrected chi connectivity index (χ1v) is 8.15. The smallest absolute Gasteiger partial charge is 0.248 e. The van der Waals surface area contributed by atoms with Crippen LogP contribution >= 0.6 is 0 Å². The Morgan fingerprint density at radius 2 is 1.74 bits per heavy atom. The van der Waals surface area contributed by atoms with Crippen molar-refractivity contribution in [2.45, 2.75) is 51.0 Å². The number of aliphatic hydroxyl groups excluding tert-OH is 1. The Bertz CT molecular complexity index is 558. The number of hydrogen-bond acceptors (Lipinski definition) is 3. The molecule has 1 saturated carbocycles. The van der Waals surface area contributed by atoms with Crippen LogP contribution < -0.4 is 11.1 Å². The van der Waals surface area contributed by atoms with Gasteiger partial charge in [-0.25, -0.2) is 0 Å². The first-order chi connectivity index (χ1) is 10.8. The van der Waals surface area contributed by atoms with Gasteiger partial charge >= 0.3 is 0 Å². The molecule has 0 aromatic heterocycles. The van der Waals surface area contributed by atoms with Gasteiger partial charge in [0.25, 0.3) is 0 Å². The average molecular weight is 318 g/mol. The molecule has 0 heterocycles. The van der Waals surface area contributed by atoms with Gasteiger partial charge in [-0.05, 0) is 63.1 Å². The van der Waals surface area contributed by atoms with Crippen molar-refractivity contribution in [1.82, 2.24) is 5.32 Å². The molecule has 1 aromatic rings. The topological polar surface area (TPSA) is 92.4 Å². The summed E-state index contributed by atoms with van der Waals surface area (Å²) in [5.41, 5.74) is 6.40. The van der Waals surface area contributed by atoms with Crippen LogP contribution in [0.3, 0.4) is 0 Å². The molecule has 2 amide bonds. The van der Waals surface area contributed by atoms with Gasteiger partial charge in [-0.2, -0.15) is 0 Å². The van der Waals surface area contributed by atoms with Crippen LogP contribution in [0.1, 0.15) is 61.4 Å². The Balaban J connectivity index is 1.90. The summed E-state index contributed by atoms with van der Waals surface area (Å²) < 4.78 is 0. The first kappa shape index (κ1) is 17.5. The number of nitrogens with one attached hydrogen (secondary N) is 1. The van der Waals surface area contributed by atoms with E-state index in [2.05, 4.69) is 5.32 Å². The second-order valence-electron chi connectivity index (χ2n) is 7.07. The third-order valence-electron chi connectivity index (χ3n) is 4.62. The summed E-state index contributed by atoms with van der Waals surface area (Å²) >= 11 is 0. The predicted octanol–water partition coefficient (Wildman–Crippen LogP) is 1.95. The highest BCUT2D eigenvalue weighted by Gasteiger charge is 2.30. The van der Waals surface area contributed by atoms with Crippen LogP contribution in [0.2, 0.25) is 0 Å². The molecule has 5 nitrogen and oxygen atoms in total. The van der Waals surface area contributed by atoms with Gasteiger partial charge in [0, 0.05) is 11.5 Å². The van der Waals surface area contributed by atoms with E-state index in [1.54, 1.807) is 12.1 Å². The maximum Gasteiger partial charge on any atom is 0.248 e. The van der Waals surface area contributed by atoms with E-state index in [1.165, 1.54) is 5.56 Å². The molecule has 0 unspecified atom stereocenters. The largest absolute Gasteiger partial charge is 0.394 e. The van der Waals surface area contributed by atoms with E-state index in [0.717, 1.165) is 25.7 Å². The van der Waals surface area contributed by atoms with Crippen LogP contribution in [-0.2, 0) is 4.79 Å². The molecule has 23 heavy (non-hydrogen) atoms. The maximum atomic E-state index is 12.3. The van der Waals surface area contributed by atoms with Gasteiger partial charge in [0.2, 0.25) is 11.8 Å². The van der Waals surface area contributed by atoms with Crippen molar-refractivity contribution in [1.29, 1.82) is 0 Å². The lowest BCUT2D eigenvalue weighted by Gasteiger charge is -2.31. The molecule has 126 valence electrons. The number of benzene rings is 1. The molecule has 1 aromatic carbocycles. The molecule has 1 aliphatic rings. The van der Waals surface area contributed by atoms with Gasteiger partial charge in [0.15, 0.2) is 0 Å². The lowest BCUT2D eigenvalue weighted by molar-refractivity contribution is -0.128. The van der Waals surface area contributed by atoms with Gasteiger partial charge in [-0.1, -0.05) is 12.1 Å². The van der Waals surface area contributed by atoms with Crippen LogP contribution in [0, 0.1) is 5.92 Å². The van der Waals surface area contributed by atoms with Crippen LogP contribution in [0.4, 0.5) is 0 Å². The molecular weight excluding hydrogens is 292 g/mol. The number of carbonyl (C=O) groups is 2. The molecule has 1 fully saturated rings. The lowest BCUT2D eigenvalue weighted by atomic mass is 9.78. The number of amides is 2. The highest BCUT2D eigenvalue weighted by molar-refractivity contribution is 5.92. The summed E-state index contributed by atoms with van der Waals surface area (Å²) in [4.78, 5) is 23.4. The predicted molar refractivity (Wildman–Crippen MR) is 89.0 cm³/mol.